The van der Waals surface area contributed by atoms with Gasteiger partial charge in [0.05, 0.1) is 19.0 Å². The minimum atomic E-state index is -0.653. The Kier molecular flexibility index (Phi) is 4.30. The highest BCUT2D eigenvalue weighted by Crippen LogP contribution is 2.38. The highest BCUT2D eigenvalue weighted by Gasteiger charge is 2.41. The first-order valence-electron chi connectivity index (χ1n) is 8.28. The predicted molar refractivity (Wildman–Crippen MR) is 90.2 cm³/mol. The van der Waals surface area contributed by atoms with Gasteiger partial charge in [-0.05, 0) is 17.9 Å². The van der Waals surface area contributed by atoms with Crippen molar-refractivity contribution in [2.75, 3.05) is 6.61 Å². The van der Waals surface area contributed by atoms with Crippen molar-refractivity contribution in [2.45, 2.75) is 58.0 Å². The summed E-state index contributed by atoms with van der Waals surface area (Å²) in [7, 11) is 0. The number of rotatable bonds is 4. The van der Waals surface area contributed by atoms with E-state index in [0.717, 1.165) is 18.5 Å². The highest BCUT2D eigenvalue weighted by atomic mass is 16.7. The lowest BCUT2D eigenvalue weighted by molar-refractivity contribution is -0.182. The van der Waals surface area contributed by atoms with Crippen molar-refractivity contribution in [3.8, 4) is 0 Å². The maximum atomic E-state index is 6.20. The normalized spacial score (nSPS) is 25.0. The van der Waals surface area contributed by atoms with Gasteiger partial charge in [-0.2, -0.15) is 0 Å². The molecule has 4 nitrogen and oxygen atoms in total. The molecule has 3 rings (SSSR count). The Hall–Kier alpha value is -1.65. The van der Waals surface area contributed by atoms with Crippen LogP contribution in [0.2, 0.25) is 0 Å². The minimum Gasteiger partial charge on any atom is -0.343 e. The lowest BCUT2D eigenvalue weighted by atomic mass is 9.86. The molecule has 124 valence electrons. The van der Waals surface area contributed by atoms with Crippen LogP contribution in [0, 0.1) is 0 Å². The van der Waals surface area contributed by atoms with Gasteiger partial charge >= 0.3 is 0 Å². The molecule has 0 radical (unpaired) electrons. The topological polar surface area (TPSA) is 36.3 Å². The van der Waals surface area contributed by atoms with E-state index < -0.39 is 5.79 Å². The summed E-state index contributed by atoms with van der Waals surface area (Å²) in [5.74, 6) is -0.653. The number of hydrogen-bond donors (Lipinski definition) is 0. The third kappa shape index (κ3) is 3.48. The smallest absolute Gasteiger partial charge is 0.197 e. The predicted octanol–water partition coefficient (Wildman–Crippen LogP) is 3.86. The molecule has 4 heteroatoms. The summed E-state index contributed by atoms with van der Waals surface area (Å²) in [6.07, 6.45) is 6.47. The number of hydrogen-bond acceptors (Lipinski definition) is 3. The van der Waals surface area contributed by atoms with Crippen molar-refractivity contribution in [1.82, 2.24) is 9.55 Å². The average molecular weight is 314 g/mol. The Morgan fingerprint density at radius 1 is 1.26 bits per heavy atom. The Morgan fingerprint density at radius 3 is 2.52 bits per heavy atom. The van der Waals surface area contributed by atoms with Crippen LogP contribution in [0.3, 0.4) is 0 Å². The molecule has 0 amide bonds. The van der Waals surface area contributed by atoms with Gasteiger partial charge in [0.2, 0.25) is 0 Å². The van der Waals surface area contributed by atoms with E-state index in [2.05, 4.69) is 61.5 Å². The Morgan fingerprint density at radius 2 is 2.00 bits per heavy atom. The molecule has 2 heterocycles. The second kappa shape index (κ2) is 6.10. The van der Waals surface area contributed by atoms with Gasteiger partial charge < -0.3 is 14.0 Å². The molecule has 0 aliphatic carbocycles. The van der Waals surface area contributed by atoms with Crippen LogP contribution in [-0.4, -0.2) is 22.3 Å². The largest absolute Gasteiger partial charge is 0.343 e. The summed E-state index contributed by atoms with van der Waals surface area (Å²) in [4.78, 5) is 4.10. The Balaban J connectivity index is 1.84. The monoisotopic (exact) mass is 314 g/mol. The van der Waals surface area contributed by atoms with E-state index in [9.17, 15) is 0 Å². The van der Waals surface area contributed by atoms with Crippen LogP contribution in [0.4, 0.5) is 0 Å². The van der Waals surface area contributed by atoms with Gasteiger partial charge in [0.1, 0.15) is 0 Å². The number of benzene rings is 1. The van der Waals surface area contributed by atoms with Crippen LogP contribution < -0.4 is 0 Å². The first-order chi connectivity index (χ1) is 10.9. The maximum absolute atomic E-state index is 6.20. The fourth-order valence-corrected chi connectivity index (χ4v) is 2.99. The summed E-state index contributed by atoms with van der Waals surface area (Å²) in [6, 6.07) is 8.66. The van der Waals surface area contributed by atoms with Gasteiger partial charge in [0.15, 0.2) is 5.79 Å². The molecule has 1 aromatic heterocycles. The molecular weight excluding hydrogens is 288 g/mol. The summed E-state index contributed by atoms with van der Waals surface area (Å²) >= 11 is 0. The molecule has 0 saturated carbocycles. The van der Waals surface area contributed by atoms with Gasteiger partial charge in [0, 0.05) is 30.9 Å². The van der Waals surface area contributed by atoms with E-state index in [1.807, 2.05) is 12.5 Å². The summed E-state index contributed by atoms with van der Waals surface area (Å²) < 4.78 is 14.4. The first kappa shape index (κ1) is 16.2. The number of aryl methyl sites for hydroxylation is 1. The number of ether oxygens (including phenoxy) is 2. The highest BCUT2D eigenvalue weighted by molar-refractivity contribution is 5.30. The van der Waals surface area contributed by atoms with Gasteiger partial charge in [-0.3, -0.25) is 0 Å². The summed E-state index contributed by atoms with van der Waals surface area (Å²) in [5.41, 5.74) is 2.56. The number of imidazole rings is 1. The van der Waals surface area contributed by atoms with Gasteiger partial charge in [-0.1, -0.05) is 45.0 Å². The standard InChI is InChI=1S/C19H26N2O2/c1-15-13-22-19(23-15,9-11-21-12-10-20-14-21)17-7-5-16(6-8-17)18(2,3)4/h5-8,10,12,14-15H,9,11,13H2,1-4H3. The van der Waals surface area contributed by atoms with E-state index >= 15 is 0 Å². The van der Waals surface area contributed by atoms with E-state index in [-0.39, 0.29) is 11.5 Å². The van der Waals surface area contributed by atoms with E-state index in [4.69, 9.17) is 9.47 Å². The molecular formula is C19H26N2O2. The maximum Gasteiger partial charge on any atom is 0.197 e. The molecule has 23 heavy (non-hydrogen) atoms. The Labute approximate surface area is 138 Å². The van der Waals surface area contributed by atoms with Gasteiger partial charge in [-0.15, -0.1) is 0 Å². The van der Waals surface area contributed by atoms with Crippen molar-refractivity contribution in [2.24, 2.45) is 0 Å². The zero-order valence-corrected chi connectivity index (χ0v) is 14.5. The molecule has 1 aliphatic rings. The van der Waals surface area contributed by atoms with Crippen LogP contribution in [0.5, 0.6) is 0 Å². The fourth-order valence-electron chi connectivity index (χ4n) is 2.99. The van der Waals surface area contributed by atoms with Crippen molar-refractivity contribution in [1.29, 1.82) is 0 Å². The van der Waals surface area contributed by atoms with Crippen molar-refractivity contribution < 1.29 is 9.47 Å². The van der Waals surface area contributed by atoms with Crippen LogP contribution >= 0.6 is 0 Å². The zero-order chi connectivity index (χ0) is 16.5. The van der Waals surface area contributed by atoms with Crippen molar-refractivity contribution >= 4 is 0 Å². The van der Waals surface area contributed by atoms with Crippen LogP contribution in [-0.2, 0) is 27.2 Å². The molecule has 1 saturated heterocycles. The molecule has 2 unspecified atom stereocenters. The SMILES string of the molecule is CC1COC(CCn2ccnc2)(c2ccc(C(C)(C)C)cc2)O1. The van der Waals surface area contributed by atoms with E-state index in [1.165, 1.54) is 5.56 Å². The molecule has 0 bridgehead atoms. The fraction of sp³-hybridized carbons (Fsp3) is 0.526. The minimum absolute atomic E-state index is 0.111. The first-order valence-corrected chi connectivity index (χ1v) is 8.28. The third-order valence-corrected chi connectivity index (χ3v) is 4.39. The lowest BCUT2D eigenvalue weighted by Crippen LogP contribution is -2.29. The molecule has 0 spiro atoms. The van der Waals surface area contributed by atoms with Gasteiger partial charge in [-0.25, -0.2) is 4.98 Å². The van der Waals surface area contributed by atoms with E-state index in [1.54, 1.807) is 6.20 Å². The second-order valence-corrected chi connectivity index (χ2v) is 7.37. The quantitative estimate of drug-likeness (QED) is 0.860. The third-order valence-electron chi connectivity index (χ3n) is 4.39. The van der Waals surface area contributed by atoms with Crippen LogP contribution in [0.25, 0.3) is 0 Å². The molecule has 2 atom stereocenters. The summed E-state index contributed by atoms with van der Waals surface area (Å²) in [6.45, 7) is 10.2. The Bertz CT molecular complexity index is 628. The lowest BCUT2D eigenvalue weighted by Gasteiger charge is -2.29. The summed E-state index contributed by atoms with van der Waals surface area (Å²) in [5, 5.41) is 0. The average Bonchev–Trinajstić information content (AvgIpc) is 3.15. The molecule has 0 N–H and O–H groups in total. The molecule has 2 aromatic rings. The van der Waals surface area contributed by atoms with Crippen LogP contribution in [0.15, 0.2) is 43.0 Å². The van der Waals surface area contributed by atoms with Gasteiger partial charge in [0.25, 0.3) is 0 Å². The number of aromatic nitrogens is 2. The molecule has 1 aliphatic heterocycles. The number of nitrogens with zero attached hydrogens (tertiary/aromatic N) is 2. The molecule has 1 fully saturated rings. The van der Waals surface area contributed by atoms with Crippen molar-refractivity contribution in [3.05, 3.63) is 54.1 Å². The van der Waals surface area contributed by atoms with E-state index in [0.29, 0.717) is 6.61 Å². The molecule has 1 aromatic carbocycles. The second-order valence-electron chi connectivity index (χ2n) is 7.37. The van der Waals surface area contributed by atoms with Crippen molar-refractivity contribution in [3.63, 3.8) is 0 Å². The van der Waals surface area contributed by atoms with Crippen LogP contribution in [0.1, 0.15) is 45.2 Å². The zero-order valence-electron chi connectivity index (χ0n) is 14.5.